The van der Waals surface area contributed by atoms with E-state index in [2.05, 4.69) is 5.32 Å². The van der Waals surface area contributed by atoms with E-state index in [9.17, 15) is 13.2 Å². The van der Waals surface area contributed by atoms with E-state index in [0.29, 0.717) is 50.5 Å². The molecule has 27 heavy (non-hydrogen) atoms. The number of fused-ring (bicyclic) bond motifs is 1. The van der Waals surface area contributed by atoms with Gasteiger partial charge >= 0.3 is 0 Å². The molecule has 1 aromatic rings. The van der Waals surface area contributed by atoms with Crippen molar-refractivity contribution in [2.24, 2.45) is 5.92 Å². The number of ether oxygens (including phenoxy) is 2. The molecule has 4 rings (SSSR count). The Morgan fingerprint density at radius 2 is 1.81 bits per heavy atom. The Labute approximate surface area is 159 Å². The summed E-state index contributed by atoms with van der Waals surface area (Å²) in [6.07, 6.45) is 3.23. The van der Waals surface area contributed by atoms with Gasteiger partial charge in [-0.3, -0.25) is 4.79 Å². The lowest BCUT2D eigenvalue weighted by Crippen LogP contribution is -2.49. The van der Waals surface area contributed by atoms with Crippen LogP contribution < -0.4 is 14.8 Å². The van der Waals surface area contributed by atoms with E-state index in [4.69, 9.17) is 9.47 Å². The van der Waals surface area contributed by atoms with E-state index >= 15 is 0 Å². The number of rotatable bonds is 5. The molecule has 1 aromatic carbocycles. The highest BCUT2D eigenvalue weighted by Gasteiger charge is 2.36. The highest BCUT2D eigenvalue weighted by molar-refractivity contribution is 7.86. The molecule has 0 radical (unpaired) electrons. The summed E-state index contributed by atoms with van der Waals surface area (Å²) in [6.45, 7) is 2.51. The average Bonchev–Trinajstić information content (AvgIpc) is 3.37. The Kier molecular flexibility index (Phi) is 5.25. The van der Waals surface area contributed by atoms with Gasteiger partial charge in [-0.15, -0.1) is 0 Å². The minimum Gasteiger partial charge on any atom is -0.454 e. The first-order valence-electron chi connectivity index (χ1n) is 9.45. The molecular formula is C18H25N3O5S. The first kappa shape index (κ1) is 18.5. The Balaban J connectivity index is 1.34. The third-order valence-corrected chi connectivity index (χ3v) is 7.38. The van der Waals surface area contributed by atoms with Crippen molar-refractivity contribution in [3.05, 3.63) is 23.8 Å². The Hall–Kier alpha value is -1.84. The van der Waals surface area contributed by atoms with Crippen molar-refractivity contribution in [1.82, 2.24) is 13.9 Å². The summed E-state index contributed by atoms with van der Waals surface area (Å²) < 4.78 is 39.1. The molecule has 148 valence electrons. The van der Waals surface area contributed by atoms with Crippen molar-refractivity contribution < 1.29 is 22.7 Å². The molecule has 0 spiro atoms. The van der Waals surface area contributed by atoms with E-state index in [-0.39, 0.29) is 25.2 Å². The lowest BCUT2D eigenvalue weighted by molar-refractivity contribution is -0.126. The second-order valence-corrected chi connectivity index (χ2v) is 9.14. The zero-order valence-corrected chi connectivity index (χ0v) is 16.0. The smallest absolute Gasteiger partial charge is 0.281 e. The predicted molar refractivity (Wildman–Crippen MR) is 98.4 cm³/mol. The monoisotopic (exact) mass is 395 g/mol. The second-order valence-electron chi connectivity index (χ2n) is 7.22. The molecule has 9 heteroatoms. The van der Waals surface area contributed by atoms with E-state index in [1.54, 1.807) is 4.31 Å². The molecule has 1 N–H and O–H groups in total. The number of nitrogens with one attached hydrogen (secondary N) is 1. The Morgan fingerprint density at radius 3 is 2.63 bits per heavy atom. The first-order chi connectivity index (χ1) is 13.0. The third-order valence-electron chi connectivity index (χ3n) is 5.38. The number of nitrogens with zero attached hydrogens (tertiary/aromatic N) is 2. The maximum atomic E-state index is 12.7. The summed E-state index contributed by atoms with van der Waals surface area (Å²) in [7, 11) is -3.45. The van der Waals surface area contributed by atoms with Gasteiger partial charge in [0, 0.05) is 32.7 Å². The number of benzene rings is 1. The number of amides is 1. The largest absolute Gasteiger partial charge is 0.454 e. The molecule has 0 aliphatic carbocycles. The molecule has 8 nitrogen and oxygen atoms in total. The lowest BCUT2D eigenvalue weighted by Gasteiger charge is -2.33. The third kappa shape index (κ3) is 3.90. The highest BCUT2D eigenvalue weighted by atomic mass is 32.2. The summed E-state index contributed by atoms with van der Waals surface area (Å²) >= 11 is 0. The molecule has 3 aliphatic heterocycles. The van der Waals surface area contributed by atoms with Crippen LogP contribution in [0.5, 0.6) is 11.5 Å². The Morgan fingerprint density at radius 1 is 1.07 bits per heavy atom. The number of carbonyl (C=O) groups is 1. The highest BCUT2D eigenvalue weighted by Crippen LogP contribution is 2.32. The van der Waals surface area contributed by atoms with Crippen LogP contribution in [0.25, 0.3) is 0 Å². The second kappa shape index (κ2) is 7.65. The summed E-state index contributed by atoms with van der Waals surface area (Å²) in [5.74, 6) is 0.974. The van der Waals surface area contributed by atoms with Gasteiger partial charge in [0.15, 0.2) is 11.5 Å². The minimum absolute atomic E-state index is 0.103. The number of hydrogen-bond donors (Lipinski definition) is 1. The minimum atomic E-state index is -3.45. The summed E-state index contributed by atoms with van der Waals surface area (Å²) in [6, 6.07) is 5.57. The van der Waals surface area contributed by atoms with Crippen LogP contribution in [0.1, 0.15) is 31.2 Å². The first-order valence-corrected chi connectivity index (χ1v) is 10.9. The number of piperidine rings is 1. The van der Waals surface area contributed by atoms with Gasteiger partial charge < -0.3 is 14.8 Å². The molecule has 0 aromatic heterocycles. The van der Waals surface area contributed by atoms with Crippen molar-refractivity contribution in [2.45, 2.75) is 32.2 Å². The van der Waals surface area contributed by atoms with Crippen LogP contribution in [0, 0.1) is 5.92 Å². The van der Waals surface area contributed by atoms with Gasteiger partial charge in [-0.05, 0) is 43.4 Å². The van der Waals surface area contributed by atoms with Crippen molar-refractivity contribution in [3.63, 3.8) is 0 Å². The van der Waals surface area contributed by atoms with Crippen LogP contribution in [-0.4, -0.2) is 55.9 Å². The number of hydrogen-bond acceptors (Lipinski definition) is 5. The molecular weight excluding hydrogens is 370 g/mol. The SMILES string of the molecule is O=C(NCc1ccc2c(c1)OCO2)C1CCCN(S(=O)(=O)N2CCCC2)C1. The van der Waals surface area contributed by atoms with Gasteiger partial charge in [-0.25, -0.2) is 0 Å². The maximum Gasteiger partial charge on any atom is 0.281 e. The standard InChI is InChI=1S/C18H25N3O5S/c22-18(19-11-14-5-6-16-17(10-14)26-13-25-16)15-4-3-9-21(12-15)27(23,24)20-7-1-2-8-20/h5-6,10,15H,1-4,7-9,11-13H2,(H,19,22). The van der Waals surface area contributed by atoms with Crippen LogP contribution in [-0.2, 0) is 21.5 Å². The normalized spacial score (nSPS) is 23.5. The molecule has 1 unspecified atom stereocenters. The van der Waals surface area contributed by atoms with Crippen LogP contribution in [0.2, 0.25) is 0 Å². The fraction of sp³-hybridized carbons (Fsp3) is 0.611. The molecule has 1 amide bonds. The lowest BCUT2D eigenvalue weighted by atomic mass is 9.98. The molecule has 1 atom stereocenters. The number of carbonyl (C=O) groups excluding carboxylic acids is 1. The van der Waals surface area contributed by atoms with E-state index < -0.39 is 10.2 Å². The Bertz CT molecular complexity index is 807. The van der Waals surface area contributed by atoms with E-state index in [0.717, 1.165) is 18.4 Å². The topological polar surface area (TPSA) is 88.2 Å². The fourth-order valence-corrected chi connectivity index (χ4v) is 5.61. The van der Waals surface area contributed by atoms with Crippen molar-refractivity contribution in [1.29, 1.82) is 0 Å². The van der Waals surface area contributed by atoms with Crippen LogP contribution >= 0.6 is 0 Å². The summed E-state index contributed by atoms with van der Waals surface area (Å²) in [4.78, 5) is 12.6. The zero-order chi connectivity index (χ0) is 18.9. The summed E-state index contributed by atoms with van der Waals surface area (Å²) in [5.41, 5.74) is 0.921. The molecule has 3 aliphatic rings. The van der Waals surface area contributed by atoms with Crippen LogP contribution in [0.15, 0.2) is 18.2 Å². The molecule has 0 saturated carbocycles. The van der Waals surface area contributed by atoms with Gasteiger partial charge in [0.05, 0.1) is 5.92 Å². The molecule has 2 fully saturated rings. The maximum absolute atomic E-state index is 12.7. The van der Waals surface area contributed by atoms with Gasteiger partial charge in [-0.1, -0.05) is 6.07 Å². The fourth-order valence-electron chi connectivity index (χ4n) is 3.83. The van der Waals surface area contributed by atoms with Crippen molar-refractivity contribution in [2.75, 3.05) is 33.0 Å². The van der Waals surface area contributed by atoms with Gasteiger partial charge in [0.25, 0.3) is 10.2 Å². The van der Waals surface area contributed by atoms with Gasteiger partial charge in [-0.2, -0.15) is 17.0 Å². The van der Waals surface area contributed by atoms with E-state index in [1.165, 1.54) is 4.31 Å². The zero-order valence-electron chi connectivity index (χ0n) is 15.2. The molecule has 2 saturated heterocycles. The van der Waals surface area contributed by atoms with Crippen LogP contribution in [0.3, 0.4) is 0 Å². The van der Waals surface area contributed by atoms with Crippen LogP contribution in [0.4, 0.5) is 0 Å². The summed E-state index contributed by atoms with van der Waals surface area (Å²) in [5, 5.41) is 2.93. The van der Waals surface area contributed by atoms with Gasteiger partial charge in [0.2, 0.25) is 12.7 Å². The molecule has 3 heterocycles. The predicted octanol–water partition coefficient (Wildman–Crippen LogP) is 1.08. The van der Waals surface area contributed by atoms with Crippen molar-refractivity contribution in [3.8, 4) is 11.5 Å². The quantitative estimate of drug-likeness (QED) is 0.806. The van der Waals surface area contributed by atoms with E-state index in [1.807, 2.05) is 18.2 Å². The molecule has 0 bridgehead atoms. The van der Waals surface area contributed by atoms with Gasteiger partial charge in [0.1, 0.15) is 0 Å². The average molecular weight is 395 g/mol. The van der Waals surface area contributed by atoms with Crippen molar-refractivity contribution >= 4 is 16.1 Å².